The third-order valence-corrected chi connectivity index (χ3v) is 4.76. The zero-order chi connectivity index (χ0) is 18.0. The first-order chi connectivity index (χ1) is 11.9. The number of aryl methyl sites for hydroxylation is 3. The molecule has 0 bridgehead atoms. The molecule has 3 rings (SSSR count). The topological polar surface area (TPSA) is 67.2 Å². The maximum Gasteiger partial charge on any atom is 0.268 e. The molecule has 2 aromatic rings. The van der Waals surface area contributed by atoms with Gasteiger partial charge in [-0.3, -0.25) is 9.59 Å². The monoisotopic (exact) mass is 340 g/mol. The van der Waals surface area contributed by atoms with E-state index in [9.17, 15) is 9.59 Å². The first-order valence-electron chi connectivity index (χ1n) is 8.60. The maximum absolute atomic E-state index is 12.7. The van der Waals surface area contributed by atoms with Gasteiger partial charge < -0.3 is 10.2 Å². The van der Waals surface area contributed by atoms with E-state index in [1.165, 1.54) is 4.68 Å². The zero-order valence-electron chi connectivity index (χ0n) is 15.0. The number of benzene rings is 1. The van der Waals surface area contributed by atoms with Crippen molar-refractivity contribution < 1.29 is 4.79 Å². The summed E-state index contributed by atoms with van der Waals surface area (Å²) in [5.74, 6) is -0.0621. The summed E-state index contributed by atoms with van der Waals surface area (Å²) >= 11 is 0. The molecule has 1 aliphatic heterocycles. The molecular formula is C19H24N4O2. The van der Waals surface area contributed by atoms with E-state index in [0.717, 1.165) is 41.9 Å². The molecule has 1 fully saturated rings. The zero-order valence-corrected chi connectivity index (χ0v) is 15.0. The van der Waals surface area contributed by atoms with Crippen molar-refractivity contribution in [2.24, 2.45) is 13.0 Å². The standard InChI is InChI=1S/C19H24N4O2/c1-13-6-7-14(2)17(9-13)21-19(25)15-5-4-8-23(12-15)16-10-18(24)22(3)20-11-16/h6-7,9-11,15H,4-5,8,12H2,1-3H3,(H,21,25). The van der Waals surface area contributed by atoms with Crippen LogP contribution >= 0.6 is 0 Å². The van der Waals surface area contributed by atoms with Gasteiger partial charge in [-0.05, 0) is 43.9 Å². The number of hydrogen-bond acceptors (Lipinski definition) is 4. The van der Waals surface area contributed by atoms with E-state index in [-0.39, 0.29) is 17.4 Å². The fourth-order valence-corrected chi connectivity index (χ4v) is 3.16. The number of rotatable bonds is 3. The van der Waals surface area contributed by atoms with E-state index in [0.29, 0.717) is 6.54 Å². The van der Waals surface area contributed by atoms with Crippen LogP contribution in [0.3, 0.4) is 0 Å². The average molecular weight is 340 g/mol. The second-order valence-electron chi connectivity index (χ2n) is 6.77. The van der Waals surface area contributed by atoms with Gasteiger partial charge in [0.15, 0.2) is 0 Å². The smallest absolute Gasteiger partial charge is 0.268 e. The molecule has 25 heavy (non-hydrogen) atoms. The van der Waals surface area contributed by atoms with Crippen molar-refractivity contribution in [3.63, 3.8) is 0 Å². The summed E-state index contributed by atoms with van der Waals surface area (Å²) in [5, 5.41) is 7.14. The highest BCUT2D eigenvalue weighted by Gasteiger charge is 2.26. The second kappa shape index (κ2) is 7.09. The van der Waals surface area contributed by atoms with Gasteiger partial charge in [0.1, 0.15) is 0 Å². The van der Waals surface area contributed by atoms with E-state index in [1.54, 1.807) is 19.3 Å². The summed E-state index contributed by atoms with van der Waals surface area (Å²) in [6.07, 6.45) is 3.46. The molecule has 0 radical (unpaired) electrons. The Morgan fingerprint density at radius 3 is 2.84 bits per heavy atom. The molecule has 1 N–H and O–H groups in total. The number of anilines is 2. The van der Waals surface area contributed by atoms with Crippen molar-refractivity contribution in [2.75, 3.05) is 23.3 Å². The molecule has 1 amide bonds. The average Bonchev–Trinajstić information content (AvgIpc) is 2.60. The predicted octanol–water partition coefficient (Wildman–Crippen LogP) is 2.25. The van der Waals surface area contributed by atoms with Crippen LogP contribution in [-0.2, 0) is 11.8 Å². The Balaban J connectivity index is 1.72. The first kappa shape index (κ1) is 17.2. The van der Waals surface area contributed by atoms with Gasteiger partial charge in [-0.15, -0.1) is 0 Å². The Labute approximate surface area is 147 Å². The van der Waals surface area contributed by atoms with E-state index in [2.05, 4.69) is 15.3 Å². The van der Waals surface area contributed by atoms with Crippen molar-refractivity contribution in [1.82, 2.24) is 9.78 Å². The molecule has 1 aliphatic rings. The normalized spacial score (nSPS) is 17.4. The summed E-state index contributed by atoms with van der Waals surface area (Å²) in [7, 11) is 1.63. The lowest BCUT2D eigenvalue weighted by atomic mass is 9.96. The summed E-state index contributed by atoms with van der Waals surface area (Å²) in [6, 6.07) is 7.64. The van der Waals surface area contributed by atoms with Crippen molar-refractivity contribution in [2.45, 2.75) is 26.7 Å². The second-order valence-corrected chi connectivity index (χ2v) is 6.77. The molecule has 0 saturated carbocycles. The van der Waals surface area contributed by atoms with E-state index in [4.69, 9.17) is 0 Å². The minimum atomic E-state index is -0.139. The minimum absolute atomic E-state index is 0.0372. The van der Waals surface area contributed by atoms with Gasteiger partial charge >= 0.3 is 0 Å². The summed E-state index contributed by atoms with van der Waals surface area (Å²) < 4.78 is 1.30. The minimum Gasteiger partial charge on any atom is -0.369 e. The molecule has 1 aromatic carbocycles. The van der Waals surface area contributed by atoms with Gasteiger partial charge in [-0.25, -0.2) is 4.68 Å². The predicted molar refractivity (Wildman–Crippen MR) is 99.0 cm³/mol. The van der Waals surface area contributed by atoms with Crippen LogP contribution in [0.25, 0.3) is 0 Å². The highest BCUT2D eigenvalue weighted by molar-refractivity contribution is 5.93. The van der Waals surface area contributed by atoms with Gasteiger partial charge in [-0.2, -0.15) is 5.10 Å². The molecule has 0 aliphatic carbocycles. The van der Waals surface area contributed by atoms with Crippen LogP contribution in [0.1, 0.15) is 24.0 Å². The van der Waals surface area contributed by atoms with Crippen LogP contribution in [0.5, 0.6) is 0 Å². The number of carbonyl (C=O) groups is 1. The third-order valence-electron chi connectivity index (χ3n) is 4.76. The Bertz CT molecular complexity index is 844. The number of amides is 1. The molecule has 0 spiro atoms. The van der Waals surface area contributed by atoms with Gasteiger partial charge in [0, 0.05) is 31.9 Å². The number of nitrogens with one attached hydrogen (secondary N) is 1. The Hall–Kier alpha value is -2.63. The Morgan fingerprint density at radius 2 is 2.08 bits per heavy atom. The van der Waals surface area contributed by atoms with Gasteiger partial charge in [0.05, 0.1) is 17.8 Å². The van der Waals surface area contributed by atoms with Crippen LogP contribution in [-0.4, -0.2) is 28.8 Å². The van der Waals surface area contributed by atoms with Gasteiger partial charge in [0.2, 0.25) is 5.91 Å². The Kier molecular flexibility index (Phi) is 4.88. The molecule has 1 aromatic heterocycles. The number of aromatic nitrogens is 2. The van der Waals surface area contributed by atoms with Crippen molar-refractivity contribution in [3.05, 3.63) is 51.9 Å². The fraction of sp³-hybridized carbons (Fsp3) is 0.421. The molecule has 132 valence electrons. The lowest BCUT2D eigenvalue weighted by Gasteiger charge is -2.33. The largest absolute Gasteiger partial charge is 0.369 e. The van der Waals surface area contributed by atoms with Crippen LogP contribution in [0.15, 0.2) is 35.3 Å². The third kappa shape index (κ3) is 3.90. The number of nitrogens with zero attached hydrogens (tertiary/aromatic N) is 3. The lowest BCUT2D eigenvalue weighted by Crippen LogP contribution is -2.41. The SMILES string of the molecule is Cc1ccc(C)c(NC(=O)C2CCCN(c3cnn(C)c(=O)c3)C2)c1. The molecule has 1 atom stereocenters. The fourth-order valence-electron chi connectivity index (χ4n) is 3.16. The number of piperidine rings is 1. The Morgan fingerprint density at radius 1 is 1.28 bits per heavy atom. The molecular weight excluding hydrogens is 316 g/mol. The molecule has 2 heterocycles. The highest BCUT2D eigenvalue weighted by atomic mass is 16.2. The summed E-state index contributed by atoms with van der Waals surface area (Å²) in [5.41, 5.74) is 3.70. The van der Waals surface area contributed by atoms with Crippen LogP contribution in [0.4, 0.5) is 11.4 Å². The van der Waals surface area contributed by atoms with Crippen molar-refractivity contribution in [3.8, 4) is 0 Å². The number of carbonyl (C=O) groups excluding carboxylic acids is 1. The van der Waals surface area contributed by atoms with Crippen LogP contribution in [0.2, 0.25) is 0 Å². The number of hydrogen-bond donors (Lipinski definition) is 1. The quantitative estimate of drug-likeness (QED) is 0.931. The van der Waals surface area contributed by atoms with Crippen molar-refractivity contribution in [1.29, 1.82) is 0 Å². The van der Waals surface area contributed by atoms with E-state index in [1.807, 2.05) is 32.0 Å². The molecule has 1 saturated heterocycles. The molecule has 6 nitrogen and oxygen atoms in total. The first-order valence-corrected chi connectivity index (χ1v) is 8.60. The lowest BCUT2D eigenvalue weighted by molar-refractivity contribution is -0.120. The van der Waals surface area contributed by atoms with Gasteiger partial charge in [0.25, 0.3) is 5.56 Å². The summed E-state index contributed by atoms with van der Waals surface area (Å²) in [4.78, 5) is 26.6. The molecule has 6 heteroatoms. The van der Waals surface area contributed by atoms with E-state index < -0.39 is 0 Å². The maximum atomic E-state index is 12.7. The van der Waals surface area contributed by atoms with Crippen LogP contribution < -0.4 is 15.8 Å². The highest BCUT2D eigenvalue weighted by Crippen LogP contribution is 2.24. The van der Waals surface area contributed by atoms with Crippen molar-refractivity contribution >= 4 is 17.3 Å². The van der Waals surface area contributed by atoms with Gasteiger partial charge in [-0.1, -0.05) is 12.1 Å². The van der Waals surface area contributed by atoms with E-state index >= 15 is 0 Å². The van der Waals surface area contributed by atoms with Crippen LogP contribution in [0, 0.1) is 19.8 Å². The molecule has 1 unspecified atom stereocenters. The summed E-state index contributed by atoms with van der Waals surface area (Å²) in [6.45, 7) is 5.45.